The number of nitrogens with one attached hydrogen (secondary N) is 1. The van der Waals surface area contributed by atoms with Crippen LogP contribution in [0.25, 0.3) is 0 Å². The summed E-state index contributed by atoms with van der Waals surface area (Å²) in [5, 5.41) is 2.92. The molecule has 0 aliphatic heterocycles. The Kier molecular flexibility index (Phi) is 6.85. The van der Waals surface area contributed by atoms with Crippen LogP contribution in [0.15, 0.2) is 54.6 Å². The summed E-state index contributed by atoms with van der Waals surface area (Å²) in [6.45, 7) is 3.66. The minimum atomic E-state index is -3.63. The van der Waals surface area contributed by atoms with E-state index >= 15 is 0 Å². The second-order valence-corrected chi connectivity index (χ2v) is 8.18. The number of nitrogens with zero attached hydrogens (tertiary/aromatic N) is 1. The van der Waals surface area contributed by atoms with E-state index in [0.717, 1.165) is 17.6 Å². The largest absolute Gasteiger partial charge is 0.497 e. The Hall–Kier alpha value is -2.54. The van der Waals surface area contributed by atoms with E-state index in [-0.39, 0.29) is 11.9 Å². The Morgan fingerprint density at radius 3 is 2.19 bits per heavy atom. The molecule has 7 heteroatoms. The summed E-state index contributed by atoms with van der Waals surface area (Å²) >= 11 is 0. The lowest BCUT2D eigenvalue weighted by atomic mass is 10.1. The Balaban J connectivity index is 2.24. The molecule has 1 N–H and O–H groups in total. The molecule has 0 aliphatic rings. The Morgan fingerprint density at radius 1 is 1.11 bits per heavy atom. The Labute approximate surface area is 161 Å². The van der Waals surface area contributed by atoms with Crippen LogP contribution >= 0.6 is 0 Å². The zero-order valence-electron chi connectivity index (χ0n) is 16.0. The Morgan fingerprint density at radius 2 is 1.70 bits per heavy atom. The molecule has 2 aromatic rings. The predicted octanol–water partition coefficient (Wildman–Crippen LogP) is 3.12. The van der Waals surface area contributed by atoms with E-state index in [1.807, 2.05) is 31.2 Å². The summed E-state index contributed by atoms with van der Waals surface area (Å²) < 4.78 is 31.1. The third-order valence-corrected chi connectivity index (χ3v) is 5.49. The molecule has 0 saturated carbocycles. The van der Waals surface area contributed by atoms with Crippen LogP contribution in [0.2, 0.25) is 0 Å². The van der Waals surface area contributed by atoms with Crippen molar-refractivity contribution in [3.63, 3.8) is 0 Å². The fourth-order valence-electron chi connectivity index (χ4n) is 2.92. The quantitative estimate of drug-likeness (QED) is 0.751. The third-order valence-electron chi connectivity index (χ3n) is 4.31. The molecule has 0 aliphatic carbocycles. The topological polar surface area (TPSA) is 75.7 Å². The first-order valence-corrected chi connectivity index (χ1v) is 10.6. The van der Waals surface area contributed by atoms with Gasteiger partial charge in [0.2, 0.25) is 15.9 Å². The van der Waals surface area contributed by atoms with Crippen LogP contribution in [-0.2, 0) is 14.8 Å². The van der Waals surface area contributed by atoms with E-state index in [0.29, 0.717) is 12.1 Å². The summed E-state index contributed by atoms with van der Waals surface area (Å²) in [6, 6.07) is 15.0. The van der Waals surface area contributed by atoms with E-state index in [9.17, 15) is 13.2 Å². The van der Waals surface area contributed by atoms with Gasteiger partial charge in [-0.3, -0.25) is 9.10 Å². The number of anilines is 1. The molecule has 0 saturated heterocycles. The second kappa shape index (κ2) is 8.90. The fraction of sp³-hybridized carbons (Fsp3) is 0.350. The lowest BCUT2D eigenvalue weighted by molar-refractivity contribution is -0.122. The molecule has 2 atom stereocenters. The number of carbonyl (C=O) groups excluding carboxylic acids is 1. The van der Waals surface area contributed by atoms with Crippen LogP contribution in [-0.4, -0.2) is 33.7 Å². The molecule has 146 valence electrons. The van der Waals surface area contributed by atoms with Gasteiger partial charge in [-0.15, -0.1) is 0 Å². The normalized spacial score (nSPS) is 13.5. The van der Waals surface area contributed by atoms with Crippen LogP contribution in [0.1, 0.15) is 31.9 Å². The number of rotatable bonds is 8. The standard InChI is InChI=1S/C20H26N2O4S/c1-5-19(22(27(4,24)25)17-9-7-6-8-10-17)20(23)21-15(2)16-11-13-18(26-3)14-12-16/h6-15,19H,5H2,1-4H3,(H,21,23)/t15-,19-/m0/s1. The predicted molar refractivity (Wildman–Crippen MR) is 107 cm³/mol. The highest BCUT2D eigenvalue weighted by Crippen LogP contribution is 2.23. The molecule has 0 fully saturated rings. The molecular formula is C20H26N2O4S. The van der Waals surface area contributed by atoms with Crippen molar-refractivity contribution in [2.75, 3.05) is 17.7 Å². The molecule has 0 aromatic heterocycles. The number of para-hydroxylation sites is 1. The van der Waals surface area contributed by atoms with Gasteiger partial charge in [0.1, 0.15) is 11.8 Å². The van der Waals surface area contributed by atoms with Crippen molar-refractivity contribution in [1.29, 1.82) is 0 Å². The number of hydrogen-bond acceptors (Lipinski definition) is 4. The number of sulfonamides is 1. The van der Waals surface area contributed by atoms with Gasteiger partial charge in [-0.25, -0.2) is 8.42 Å². The fourth-order valence-corrected chi connectivity index (χ4v) is 4.13. The van der Waals surface area contributed by atoms with E-state index < -0.39 is 16.1 Å². The Bertz CT molecular complexity index is 851. The highest BCUT2D eigenvalue weighted by atomic mass is 32.2. The van der Waals surface area contributed by atoms with E-state index in [4.69, 9.17) is 4.74 Å². The zero-order chi connectivity index (χ0) is 20.0. The van der Waals surface area contributed by atoms with Crippen molar-refractivity contribution in [2.45, 2.75) is 32.4 Å². The summed E-state index contributed by atoms with van der Waals surface area (Å²) in [6.07, 6.45) is 1.46. The van der Waals surface area contributed by atoms with Crippen molar-refractivity contribution in [3.05, 3.63) is 60.2 Å². The lowest BCUT2D eigenvalue weighted by Crippen LogP contribution is -2.49. The smallest absolute Gasteiger partial charge is 0.244 e. The number of methoxy groups -OCH3 is 1. The van der Waals surface area contributed by atoms with E-state index in [2.05, 4.69) is 5.32 Å². The molecule has 0 heterocycles. The molecule has 0 unspecified atom stereocenters. The van der Waals surface area contributed by atoms with Gasteiger partial charge < -0.3 is 10.1 Å². The first-order chi connectivity index (χ1) is 12.8. The maximum Gasteiger partial charge on any atom is 0.244 e. The van der Waals surface area contributed by atoms with Crippen LogP contribution < -0.4 is 14.4 Å². The van der Waals surface area contributed by atoms with Crippen LogP contribution in [0.4, 0.5) is 5.69 Å². The average Bonchev–Trinajstić information content (AvgIpc) is 2.65. The number of hydrogen-bond donors (Lipinski definition) is 1. The molecule has 0 bridgehead atoms. The zero-order valence-corrected chi connectivity index (χ0v) is 16.9. The molecule has 1 amide bonds. The number of benzene rings is 2. The highest BCUT2D eigenvalue weighted by molar-refractivity contribution is 7.92. The van der Waals surface area contributed by atoms with E-state index in [1.165, 1.54) is 4.31 Å². The van der Waals surface area contributed by atoms with Gasteiger partial charge in [0, 0.05) is 0 Å². The maximum atomic E-state index is 12.9. The van der Waals surface area contributed by atoms with Gasteiger partial charge in [-0.1, -0.05) is 37.3 Å². The highest BCUT2D eigenvalue weighted by Gasteiger charge is 2.32. The molecule has 0 spiro atoms. The van der Waals surface area contributed by atoms with Gasteiger partial charge in [0.15, 0.2) is 0 Å². The van der Waals surface area contributed by atoms with Crippen molar-refractivity contribution in [3.8, 4) is 5.75 Å². The van der Waals surface area contributed by atoms with Crippen molar-refractivity contribution in [2.24, 2.45) is 0 Å². The SMILES string of the molecule is CC[C@@H](C(=O)N[C@@H](C)c1ccc(OC)cc1)N(c1ccccc1)S(C)(=O)=O. The van der Waals surface area contributed by atoms with Gasteiger partial charge in [-0.05, 0) is 43.2 Å². The van der Waals surface area contributed by atoms with Crippen molar-refractivity contribution >= 4 is 21.6 Å². The van der Waals surface area contributed by atoms with Crippen LogP contribution in [0.3, 0.4) is 0 Å². The van der Waals surface area contributed by atoms with Gasteiger partial charge in [0.05, 0.1) is 25.1 Å². The minimum Gasteiger partial charge on any atom is -0.497 e. The van der Waals surface area contributed by atoms with Crippen LogP contribution in [0.5, 0.6) is 5.75 Å². The molecular weight excluding hydrogens is 364 g/mol. The molecule has 0 radical (unpaired) electrons. The number of ether oxygens (including phenoxy) is 1. The van der Waals surface area contributed by atoms with Crippen LogP contribution in [0, 0.1) is 0 Å². The average molecular weight is 391 g/mol. The summed E-state index contributed by atoms with van der Waals surface area (Å²) in [5.74, 6) is 0.395. The first-order valence-electron chi connectivity index (χ1n) is 8.76. The van der Waals surface area contributed by atoms with Gasteiger partial charge in [0.25, 0.3) is 0 Å². The monoisotopic (exact) mass is 390 g/mol. The third kappa shape index (κ3) is 5.23. The summed E-state index contributed by atoms with van der Waals surface area (Å²) in [7, 11) is -2.04. The minimum absolute atomic E-state index is 0.269. The summed E-state index contributed by atoms with van der Waals surface area (Å²) in [4.78, 5) is 12.9. The van der Waals surface area contributed by atoms with E-state index in [1.54, 1.807) is 44.4 Å². The van der Waals surface area contributed by atoms with Gasteiger partial charge in [-0.2, -0.15) is 0 Å². The summed E-state index contributed by atoms with van der Waals surface area (Å²) in [5.41, 5.74) is 1.38. The lowest BCUT2D eigenvalue weighted by Gasteiger charge is -2.31. The van der Waals surface area contributed by atoms with Crippen molar-refractivity contribution in [1.82, 2.24) is 5.32 Å². The number of amides is 1. The molecule has 2 aromatic carbocycles. The van der Waals surface area contributed by atoms with Gasteiger partial charge >= 0.3 is 0 Å². The molecule has 27 heavy (non-hydrogen) atoms. The first kappa shape index (κ1) is 20.8. The second-order valence-electron chi connectivity index (χ2n) is 6.32. The maximum absolute atomic E-state index is 12.9. The number of carbonyl (C=O) groups is 1. The molecule has 6 nitrogen and oxygen atoms in total. The van der Waals surface area contributed by atoms with Crippen molar-refractivity contribution < 1.29 is 17.9 Å². The molecule has 2 rings (SSSR count).